The first kappa shape index (κ1) is 17.5. The summed E-state index contributed by atoms with van der Waals surface area (Å²) >= 11 is 0. The normalized spacial score (nSPS) is 23.2. The molecule has 142 valence electrons. The smallest absolute Gasteiger partial charge is 0.320 e. The van der Waals surface area contributed by atoms with Gasteiger partial charge in [0.25, 0.3) is 0 Å². The molecule has 0 radical (unpaired) electrons. The van der Waals surface area contributed by atoms with Gasteiger partial charge in [-0.25, -0.2) is 9.78 Å². The first-order valence-electron chi connectivity index (χ1n) is 9.79. The third-order valence-electron chi connectivity index (χ3n) is 5.63. The number of pyridine rings is 1. The fourth-order valence-corrected chi connectivity index (χ4v) is 4.12. The van der Waals surface area contributed by atoms with Crippen LogP contribution in [0.2, 0.25) is 0 Å². The summed E-state index contributed by atoms with van der Waals surface area (Å²) in [5, 5.41) is 5.88. The number of carbonyl (C=O) groups excluding carboxylic acids is 1. The average Bonchev–Trinajstić information content (AvgIpc) is 3.12. The Morgan fingerprint density at radius 2 is 1.85 bits per heavy atom. The number of urea groups is 1. The van der Waals surface area contributed by atoms with E-state index in [1.54, 1.807) is 0 Å². The van der Waals surface area contributed by atoms with Crippen molar-refractivity contribution < 1.29 is 14.3 Å². The van der Waals surface area contributed by atoms with Gasteiger partial charge in [-0.05, 0) is 25.0 Å². The van der Waals surface area contributed by atoms with Gasteiger partial charge in [0.15, 0.2) is 5.79 Å². The molecule has 0 atom stereocenters. The van der Waals surface area contributed by atoms with Crippen molar-refractivity contribution in [3.63, 3.8) is 0 Å². The van der Waals surface area contributed by atoms with Crippen LogP contribution in [0.4, 0.5) is 16.3 Å². The van der Waals surface area contributed by atoms with E-state index in [4.69, 9.17) is 9.47 Å². The maximum absolute atomic E-state index is 12.1. The Balaban J connectivity index is 1.27. The van der Waals surface area contributed by atoms with Crippen LogP contribution in [0, 0.1) is 0 Å². The Morgan fingerprint density at radius 1 is 1.12 bits per heavy atom. The van der Waals surface area contributed by atoms with E-state index in [0.717, 1.165) is 44.5 Å². The fourth-order valence-electron chi connectivity index (χ4n) is 4.12. The fraction of sp³-hybridized carbons (Fsp3) is 0.684. The second kappa shape index (κ2) is 7.80. The first-order valence-corrected chi connectivity index (χ1v) is 9.79. The molecule has 2 N–H and O–H groups in total. The van der Waals surface area contributed by atoms with Gasteiger partial charge >= 0.3 is 6.03 Å². The molecule has 2 aliphatic heterocycles. The Labute approximate surface area is 154 Å². The van der Waals surface area contributed by atoms with Crippen molar-refractivity contribution in [3.8, 4) is 0 Å². The largest absolute Gasteiger partial charge is 0.370 e. The third-order valence-corrected chi connectivity index (χ3v) is 5.63. The number of ether oxygens (including phenoxy) is 2. The SMILES string of the molecule is O=C(Nc1ccc(N2CCC3(CC2)OCCO3)cn1)NC1CCCCC1. The summed E-state index contributed by atoms with van der Waals surface area (Å²) in [5.74, 6) is 0.223. The predicted molar refractivity (Wildman–Crippen MR) is 99.3 cm³/mol. The number of rotatable bonds is 3. The molecule has 2 amide bonds. The minimum atomic E-state index is -0.358. The minimum Gasteiger partial charge on any atom is -0.370 e. The van der Waals surface area contributed by atoms with Crippen LogP contribution in [0.5, 0.6) is 0 Å². The lowest BCUT2D eigenvalue weighted by Crippen LogP contribution is -2.45. The molecule has 0 aromatic carbocycles. The maximum atomic E-state index is 12.1. The van der Waals surface area contributed by atoms with Crippen molar-refractivity contribution in [3.05, 3.63) is 18.3 Å². The van der Waals surface area contributed by atoms with E-state index in [1.807, 2.05) is 18.3 Å². The molecule has 3 aliphatic rings. The van der Waals surface area contributed by atoms with Crippen molar-refractivity contribution in [2.45, 2.75) is 56.8 Å². The topological polar surface area (TPSA) is 75.7 Å². The number of carbonyl (C=O) groups is 1. The van der Waals surface area contributed by atoms with Crippen LogP contribution in [0.1, 0.15) is 44.9 Å². The number of anilines is 2. The molecule has 7 nitrogen and oxygen atoms in total. The number of nitrogens with one attached hydrogen (secondary N) is 2. The van der Waals surface area contributed by atoms with E-state index in [9.17, 15) is 4.79 Å². The van der Waals surface area contributed by atoms with Crippen molar-refractivity contribution in [1.82, 2.24) is 10.3 Å². The number of hydrogen-bond acceptors (Lipinski definition) is 5. The lowest BCUT2D eigenvalue weighted by Gasteiger charge is -2.38. The van der Waals surface area contributed by atoms with Crippen molar-refractivity contribution in [2.75, 3.05) is 36.5 Å². The van der Waals surface area contributed by atoms with Gasteiger partial charge in [0.05, 0.1) is 25.1 Å². The molecule has 3 fully saturated rings. The second-order valence-electron chi connectivity index (χ2n) is 7.43. The molecular weight excluding hydrogens is 332 g/mol. The molecule has 3 heterocycles. The van der Waals surface area contributed by atoms with E-state index in [0.29, 0.717) is 25.1 Å². The zero-order valence-corrected chi connectivity index (χ0v) is 15.2. The highest BCUT2D eigenvalue weighted by molar-refractivity contribution is 5.88. The van der Waals surface area contributed by atoms with Gasteiger partial charge in [-0.1, -0.05) is 19.3 Å². The van der Waals surface area contributed by atoms with Crippen LogP contribution in [-0.2, 0) is 9.47 Å². The molecule has 0 bridgehead atoms. The summed E-state index contributed by atoms with van der Waals surface area (Å²) in [4.78, 5) is 18.8. The molecule has 1 aliphatic carbocycles. The van der Waals surface area contributed by atoms with Crippen LogP contribution >= 0.6 is 0 Å². The van der Waals surface area contributed by atoms with Crippen LogP contribution in [0.3, 0.4) is 0 Å². The van der Waals surface area contributed by atoms with Crippen LogP contribution in [0.25, 0.3) is 0 Å². The summed E-state index contributed by atoms with van der Waals surface area (Å²) < 4.78 is 11.5. The van der Waals surface area contributed by atoms with Gasteiger partial charge in [0, 0.05) is 32.0 Å². The van der Waals surface area contributed by atoms with Gasteiger partial charge in [0.1, 0.15) is 5.82 Å². The number of piperidine rings is 1. The Morgan fingerprint density at radius 3 is 2.50 bits per heavy atom. The van der Waals surface area contributed by atoms with E-state index in [1.165, 1.54) is 19.3 Å². The van der Waals surface area contributed by atoms with Gasteiger partial charge in [-0.2, -0.15) is 0 Å². The van der Waals surface area contributed by atoms with E-state index < -0.39 is 0 Å². The Kier molecular flexibility index (Phi) is 5.26. The van der Waals surface area contributed by atoms with Gasteiger partial charge in [-0.3, -0.25) is 5.32 Å². The summed E-state index contributed by atoms with van der Waals surface area (Å²) in [7, 11) is 0. The molecule has 0 unspecified atom stereocenters. The molecule has 7 heteroatoms. The van der Waals surface area contributed by atoms with Crippen LogP contribution in [0.15, 0.2) is 18.3 Å². The Bertz CT molecular complexity index is 600. The van der Waals surface area contributed by atoms with Crippen LogP contribution in [-0.4, -0.2) is 49.1 Å². The molecular formula is C19H28N4O3. The molecule has 2 saturated heterocycles. The van der Waals surface area contributed by atoms with Crippen molar-refractivity contribution in [2.24, 2.45) is 0 Å². The van der Waals surface area contributed by atoms with Crippen LogP contribution < -0.4 is 15.5 Å². The number of amides is 2. The molecule has 1 saturated carbocycles. The number of aromatic nitrogens is 1. The standard InChI is InChI=1S/C19H28N4O3/c24-18(21-15-4-2-1-3-5-15)22-17-7-6-16(14-20-17)23-10-8-19(9-11-23)25-12-13-26-19/h6-7,14-15H,1-5,8-13H2,(H2,20,21,22,24). The number of nitrogens with zero attached hydrogens (tertiary/aromatic N) is 2. The second-order valence-corrected chi connectivity index (χ2v) is 7.43. The van der Waals surface area contributed by atoms with E-state index >= 15 is 0 Å². The summed E-state index contributed by atoms with van der Waals surface area (Å²) in [6, 6.07) is 4.01. The summed E-state index contributed by atoms with van der Waals surface area (Å²) in [6.45, 7) is 3.17. The van der Waals surface area contributed by atoms with Crippen molar-refractivity contribution >= 4 is 17.5 Å². The summed E-state index contributed by atoms with van der Waals surface area (Å²) in [5.41, 5.74) is 1.07. The average molecular weight is 360 g/mol. The molecule has 1 aromatic rings. The monoisotopic (exact) mass is 360 g/mol. The molecule has 4 rings (SSSR count). The van der Waals surface area contributed by atoms with E-state index in [-0.39, 0.29) is 11.8 Å². The highest BCUT2D eigenvalue weighted by Crippen LogP contribution is 2.33. The van der Waals surface area contributed by atoms with E-state index in [2.05, 4.69) is 20.5 Å². The highest BCUT2D eigenvalue weighted by atomic mass is 16.7. The minimum absolute atomic E-state index is 0.160. The van der Waals surface area contributed by atoms with Gasteiger partial charge in [-0.15, -0.1) is 0 Å². The maximum Gasteiger partial charge on any atom is 0.320 e. The highest BCUT2D eigenvalue weighted by Gasteiger charge is 2.39. The van der Waals surface area contributed by atoms with Gasteiger partial charge in [0.2, 0.25) is 0 Å². The quantitative estimate of drug-likeness (QED) is 0.867. The molecule has 26 heavy (non-hydrogen) atoms. The Hall–Kier alpha value is -1.86. The lowest BCUT2D eigenvalue weighted by molar-refractivity contribution is -0.169. The third kappa shape index (κ3) is 4.10. The predicted octanol–water partition coefficient (Wildman–Crippen LogP) is 2.88. The molecule has 1 aromatic heterocycles. The zero-order valence-electron chi connectivity index (χ0n) is 15.2. The lowest BCUT2D eigenvalue weighted by atomic mass is 9.96. The number of hydrogen-bond donors (Lipinski definition) is 2. The summed E-state index contributed by atoms with van der Waals surface area (Å²) in [6.07, 6.45) is 9.39. The zero-order chi connectivity index (χ0) is 17.8. The van der Waals surface area contributed by atoms with Gasteiger partial charge < -0.3 is 19.7 Å². The van der Waals surface area contributed by atoms with Crippen molar-refractivity contribution in [1.29, 1.82) is 0 Å². The molecule has 1 spiro atoms. The first-order chi connectivity index (χ1) is 12.7.